The third-order valence-electron chi connectivity index (χ3n) is 2.44. The molecule has 1 heterocycles. The summed E-state index contributed by atoms with van der Waals surface area (Å²) in [6.07, 6.45) is 0. The third-order valence-corrected chi connectivity index (χ3v) is 3.15. The fourth-order valence-electron chi connectivity index (χ4n) is 1.52. The number of ether oxygens (including phenoxy) is 1. The molecule has 1 aromatic heterocycles. The monoisotopic (exact) mass is 237 g/mol. The van der Waals surface area contributed by atoms with Crippen LogP contribution in [0.15, 0.2) is 35.0 Å². The highest BCUT2D eigenvalue weighted by atomic mass is 32.1. The minimum absolute atomic E-state index is 0.335. The van der Waals surface area contributed by atoms with Gasteiger partial charge in [-0.25, -0.2) is 4.39 Å². The van der Waals surface area contributed by atoms with Gasteiger partial charge < -0.3 is 10.5 Å². The lowest BCUT2D eigenvalue weighted by atomic mass is 10.0. The average Bonchev–Trinajstić information content (AvgIpc) is 2.81. The summed E-state index contributed by atoms with van der Waals surface area (Å²) in [5.41, 5.74) is 7.39. The number of hydrogen-bond donors (Lipinski definition) is 1. The Kier molecular flexibility index (Phi) is 3.22. The second-order valence-corrected chi connectivity index (χ2v) is 4.20. The molecular weight excluding hydrogens is 225 g/mol. The van der Waals surface area contributed by atoms with E-state index >= 15 is 0 Å². The summed E-state index contributed by atoms with van der Waals surface area (Å²) in [6.45, 7) is 0. The number of rotatable bonds is 3. The van der Waals surface area contributed by atoms with Crippen molar-refractivity contribution in [2.45, 2.75) is 6.04 Å². The van der Waals surface area contributed by atoms with Crippen LogP contribution in [-0.4, -0.2) is 7.11 Å². The summed E-state index contributed by atoms with van der Waals surface area (Å²) in [7, 11) is 1.51. The molecule has 84 valence electrons. The Balaban J connectivity index is 2.34. The van der Waals surface area contributed by atoms with Crippen molar-refractivity contribution in [1.82, 2.24) is 0 Å². The van der Waals surface area contributed by atoms with Crippen LogP contribution in [0, 0.1) is 5.82 Å². The van der Waals surface area contributed by atoms with E-state index in [0.717, 1.165) is 5.56 Å². The van der Waals surface area contributed by atoms with E-state index in [-0.39, 0.29) is 5.82 Å². The number of benzene rings is 1. The van der Waals surface area contributed by atoms with Crippen LogP contribution < -0.4 is 10.5 Å². The first-order chi connectivity index (χ1) is 7.72. The zero-order valence-corrected chi connectivity index (χ0v) is 9.63. The van der Waals surface area contributed by atoms with Gasteiger partial charge in [-0.15, -0.1) is 0 Å². The maximum absolute atomic E-state index is 13.7. The lowest BCUT2D eigenvalue weighted by Crippen LogP contribution is -2.12. The molecule has 0 spiro atoms. The molecule has 0 radical (unpaired) electrons. The van der Waals surface area contributed by atoms with E-state index in [9.17, 15) is 4.39 Å². The quantitative estimate of drug-likeness (QED) is 0.890. The summed E-state index contributed by atoms with van der Waals surface area (Å²) in [4.78, 5) is 0. The summed E-state index contributed by atoms with van der Waals surface area (Å²) < 4.78 is 18.7. The van der Waals surface area contributed by atoms with E-state index in [2.05, 4.69) is 0 Å². The highest BCUT2D eigenvalue weighted by Gasteiger charge is 2.14. The van der Waals surface area contributed by atoms with Crippen LogP contribution in [0.5, 0.6) is 5.75 Å². The minimum Gasteiger partial charge on any atom is -0.497 e. The van der Waals surface area contributed by atoms with Gasteiger partial charge in [0, 0.05) is 11.6 Å². The molecule has 2 aromatic rings. The molecule has 1 unspecified atom stereocenters. The molecule has 0 fully saturated rings. The van der Waals surface area contributed by atoms with Crippen LogP contribution in [0.25, 0.3) is 0 Å². The van der Waals surface area contributed by atoms with E-state index in [0.29, 0.717) is 11.3 Å². The molecule has 2 nitrogen and oxygen atoms in total. The summed E-state index contributed by atoms with van der Waals surface area (Å²) in [6, 6.07) is 6.21. The largest absolute Gasteiger partial charge is 0.497 e. The van der Waals surface area contributed by atoms with Gasteiger partial charge in [-0.1, -0.05) is 6.07 Å². The zero-order valence-electron chi connectivity index (χ0n) is 8.81. The van der Waals surface area contributed by atoms with Gasteiger partial charge in [-0.3, -0.25) is 0 Å². The second kappa shape index (κ2) is 4.63. The van der Waals surface area contributed by atoms with Crippen molar-refractivity contribution in [1.29, 1.82) is 0 Å². The van der Waals surface area contributed by atoms with Gasteiger partial charge in [-0.2, -0.15) is 11.3 Å². The summed E-state index contributed by atoms with van der Waals surface area (Å²) in [5.74, 6) is 0.164. The Hall–Kier alpha value is -1.39. The Morgan fingerprint density at radius 1 is 1.38 bits per heavy atom. The molecule has 2 N–H and O–H groups in total. The first-order valence-electron chi connectivity index (χ1n) is 4.83. The van der Waals surface area contributed by atoms with Gasteiger partial charge in [0.25, 0.3) is 0 Å². The van der Waals surface area contributed by atoms with Crippen molar-refractivity contribution in [3.05, 3.63) is 52.0 Å². The second-order valence-electron chi connectivity index (χ2n) is 3.42. The van der Waals surface area contributed by atoms with Crippen molar-refractivity contribution in [2.75, 3.05) is 7.11 Å². The number of thiophene rings is 1. The van der Waals surface area contributed by atoms with Crippen LogP contribution in [0.2, 0.25) is 0 Å². The number of methoxy groups -OCH3 is 1. The zero-order chi connectivity index (χ0) is 11.5. The van der Waals surface area contributed by atoms with Crippen LogP contribution in [0.1, 0.15) is 17.2 Å². The van der Waals surface area contributed by atoms with E-state index in [1.54, 1.807) is 23.5 Å². The van der Waals surface area contributed by atoms with Crippen LogP contribution in [0.4, 0.5) is 4.39 Å². The molecule has 0 aliphatic carbocycles. The predicted octanol–water partition coefficient (Wildman–Crippen LogP) is 2.94. The Bertz CT molecular complexity index is 470. The van der Waals surface area contributed by atoms with Gasteiger partial charge in [0.1, 0.15) is 11.6 Å². The standard InChI is InChI=1S/C12H12FNOS/c1-15-9-2-3-10(11(13)6-9)12(14)8-4-5-16-7-8/h2-7,12H,14H2,1H3. The van der Waals surface area contributed by atoms with Gasteiger partial charge in [0.15, 0.2) is 0 Å². The third kappa shape index (κ3) is 2.08. The molecular formula is C12H12FNOS. The molecule has 0 aliphatic rings. The maximum atomic E-state index is 13.7. The molecule has 16 heavy (non-hydrogen) atoms. The van der Waals surface area contributed by atoms with Crippen molar-refractivity contribution >= 4 is 11.3 Å². The van der Waals surface area contributed by atoms with E-state index < -0.39 is 6.04 Å². The molecule has 0 aliphatic heterocycles. The minimum atomic E-state index is -0.419. The lowest BCUT2D eigenvalue weighted by molar-refractivity contribution is 0.410. The Labute approximate surface area is 97.5 Å². The van der Waals surface area contributed by atoms with Crippen molar-refractivity contribution in [3.63, 3.8) is 0 Å². The fraction of sp³-hybridized carbons (Fsp3) is 0.167. The summed E-state index contributed by atoms with van der Waals surface area (Å²) in [5, 5.41) is 3.85. The predicted molar refractivity (Wildman–Crippen MR) is 63.3 cm³/mol. The van der Waals surface area contributed by atoms with Crippen molar-refractivity contribution < 1.29 is 9.13 Å². The fourth-order valence-corrected chi connectivity index (χ4v) is 2.22. The van der Waals surface area contributed by atoms with Crippen LogP contribution in [-0.2, 0) is 0 Å². The maximum Gasteiger partial charge on any atom is 0.132 e. The van der Waals surface area contributed by atoms with Crippen molar-refractivity contribution in [3.8, 4) is 5.75 Å². The number of halogens is 1. The lowest BCUT2D eigenvalue weighted by Gasteiger charge is -2.12. The van der Waals surface area contributed by atoms with Gasteiger partial charge in [-0.05, 0) is 28.5 Å². The highest BCUT2D eigenvalue weighted by molar-refractivity contribution is 7.08. The SMILES string of the molecule is COc1ccc(C(N)c2ccsc2)c(F)c1. The topological polar surface area (TPSA) is 35.2 Å². The smallest absolute Gasteiger partial charge is 0.132 e. The van der Waals surface area contributed by atoms with Crippen molar-refractivity contribution in [2.24, 2.45) is 5.73 Å². The summed E-state index contributed by atoms with van der Waals surface area (Å²) >= 11 is 1.55. The molecule has 2 rings (SSSR count). The Morgan fingerprint density at radius 3 is 2.75 bits per heavy atom. The number of hydrogen-bond acceptors (Lipinski definition) is 3. The van der Waals surface area contributed by atoms with Gasteiger partial charge in [0.2, 0.25) is 0 Å². The van der Waals surface area contributed by atoms with E-state index in [1.165, 1.54) is 13.2 Å². The molecule has 0 saturated heterocycles. The molecule has 0 amide bonds. The molecule has 0 saturated carbocycles. The normalized spacial score (nSPS) is 12.4. The van der Waals surface area contributed by atoms with Gasteiger partial charge in [0.05, 0.1) is 13.2 Å². The van der Waals surface area contributed by atoms with Crippen LogP contribution in [0.3, 0.4) is 0 Å². The van der Waals surface area contributed by atoms with Gasteiger partial charge >= 0.3 is 0 Å². The highest BCUT2D eigenvalue weighted by Crippen LogP contribution is 2.26. The molecule has 0 bridgehead atoms. The molecule has 1 atom stereocenters. The van der Waals surface area contributed by atoms with Crippen LogP contribution >= 0.6 is 11.3 Å². The first kappa shape index (κ1) is 11.1. The first-order valence-corrected chi connectivity index (χ1v) is 5.77. The van der Waals surface area contributed by atoms with E-state index in [1.807, 2.05) is 16.8 Å². The average molecular weight is 237 g/mol. The molecule has 4 heteroatoms. The Morgan fingerprint density at radius 2 is 2.19 bits per heavy atom. The number of nitrogens with two attached hydrogens (primary N) is 1. The molecule has 1 aromatic carbocycles. The van der Waals surface area contributed by atoms with E-state index in [4.69, 9.17) is 10.5 Å².